The van der Waals surface area contributed by atoms with Gasteiger partial charge in [0.05, 0.1) is 11.4 Å². The summed E-state index contributed by atoms with van der Waals surface area (Å²) in [6.07, 6.45) is 5.29. The number of hydrogen-bond donors (Lipinski definition) is 0. The highest BCUT2D eigenvalue weighted by atomic mass is 19.1. The second-order valence-electron chi connectivity index (χ2n) is 5.90. The van der Waals surface area contributed by atoms with Crippen molar-refractivity contribution in [2.45, 2.75) is 0 Å². The topological polar surface area (TPSA) is 45.2 Å². The quantitative estimate of drug-likeness (QED) is 0.736. The fraction of sp³-hybridized carbons (Fsp3) is 0.211. The first-order chi connectivity index (χ1) is 12.3. The second-order valence-corrected chi connectivity index (χ2v) is 5.90. The Morgan fingerprint density at radius 1 is 0.800 bits per heavy atom. The molecule has 0 amide bonds. The molecule has 3 aromatic rings. The molecule has 0 bridgehead atoms. The standard InChI is InChI=1S/C19H18FN5/c20-16-3-1-2-4-18(16)24-11-13-25(14-12-24)19-22-10-7-17(23-19)15-5-8-21-9-6-15/h1-10H,11-14H2. The van der Waals surface area contributed by atoms with E-state index in [-0.39, 0.29) is 5.82 Å². The summed E-state index contributed by atoms with van der Waals surface area (Å²) >= 11 is 0. The molecule has 1 fully saturated rings. The van der Waals surface area contributed by atoms with Crippen LogP contribution in [0.25, 0.3) is 11.3 Å². The molecule has 6 heteroatoms. The number of piperazine rings is 1. The Kier molecular flexibility index (Phi) is 4.24. The molecular formula is C19H18FN5. The maximum Gasteiger partial charge on any atom is 0.225 e. The lowest BCUT2D eigenvalue weighted by Crippen LogP contribution is -2.47. The fourth-order valence-corrected chi connectivity index (χ4v) is 3.04. The van der Waals surface area contributed by atoms with Crippen LogP contribution in [0.5, 0.6) is 0 Å². The Hall–Kier alpha value is -3.02. The number of pyridine rings is 1. The molecule has 0 spiro atoms. The highest BCUT2D eigenvalue weighted by molar-refractivity contribution is 5.59. The zero-order chi connectivity index (χ0) is 17.1. The van der Waals surface area contributed by atoms with Crippen LogP contribution < -0.4 is 9.80 Å². The zero-order valence-electron chi connectivity index (χ0n) is 13.7. The van der Waals surface area contributed by atoms with Gasteiger partial charge in [0.25, 0.3) is 0 Å². The van der Waals surface area contributed by atoms with Crippen LogP contribution in [0, 0.1) is 5.82 Å². The van der Waals surface area contributed by atoms with Crippen LogP contribution in [-0.2, 0) is 0 Å². The Balaban J connectivity index is 1.49. The van der Waals surface area contributed by atoms with Gasteiger partial charge in [-0.2, -0.15) is 0 Å². The minimum atomic E-state index is -0.174. The summed E-state index contributed by atoms with van der Waals surface area (Å²) in [7, 11) is 0. The molecule has 126 valence electrons. The highest BCUT2D eigenvalue weighted by Crippen LogP contribution is 2.22. The predicted octanol–water partition coefficient (Wildman–Crippen LogP) is 3.00. The normalized spacial score (nSPS) is 14.6. The van der Waals surface area contributed by atoms with Crippen molar-refractivity contribution in [1.82, 2.24) is 15.0 Å². The van der Waals surface area contributed by atoms with Gasteiger partial charge < -0.3 is 9.80 Å². The molecule has 2 aromatic heterocycles. The number of nitrogens with zero attached hydrogens (tertiary/aromatic N) is 5. The molecule has 0 atom stereocenters. The zero-order valence-corrected chi connectivity index (χ0v) is 13.7. The molecule has 4 rings (SSSR count). The van der Waals surface area contributed by atoms with Crippen LogP contribution in [0.3, 0.4) is 0 Å². The van der Waals surface area contributed by atoms with Crippen LogP contribution in [0.2, 0.25) is 0 Å². The monoisotopic (exact) mass is 335 g/mol. The van der Waals surface area contributed by atoms with E-state index >= 15 is 0 Å². The van der Waals surface area contributed by atoms with Crippen LogP contribution in [-0.4, -0.2) is 41.1 Å². The van der Waals surface area contributed by atoms with Crippen LogP contribution in [0.4, 0.5) is 16.0 Å². The molecule has 3 heterocycles. The van der Waals surface area contributed by atoms with Crippen molar-refractivity contribution >= 4 is 11.6 Å². The average molecular weight is 335 g/mol. The van der Waals surface area contributed by atoms with E-state index in [4.69, 9.17) is 0 Å². The van der Waals surface area contributed by atoms with E-state index < -0.39 is 0 Å². The summed E-state index contributed by atoms with van der Waals surface area (Å²) in [6.45, 7) is 3.00. The Morgan fingerprint density at radius 2 is 1.52 bits per heavy atom. The highest BCUT2D eigenvalue weighted by Gasteiger charge is 2.21. The maximum atomic E-state index is 13.9. The first kappa shape index (κ1) is 15.5. The first-order valence-electron chi connectivity index (χ1n) is 8.29. The minimum absolute atomic E-state index is 0.174. The van der Waals surface area contributed by atoms with Gasteiger partial charge in [-0.25, -0.2) is 14.4 Å². The number of benzene rings is 1. The van der Waals surface area contributed by atoms with E-state index in [2.05, 4.69) is 24.8 Å². The van der Waals surface area contributed by atoms with Crippen molar-refractivity contribution in [2.24, 2.45) is 0 Å². The van der Waals surface area contributed by atoms with Crippen molar-refractivity contribution in [1.29, 1.82) is 0 Å². The molecule has 1 saturated heterocycles. The predicted molar refractivity (Wildman–Crippen MR) is 96.1 cm³/mol. The van der Waals surface area contributed by atoms with Gasteiger partial charge >= 0.3 is 0 Å². The molecule has 0 radical (unpaired) electrons. The third kappa shape index (κ3) is 3.28. The Morgan fingerprint density at radius 3 is 2.28 bits per heavy atom. The molecule has 0 unspecified atom stereocenters. The van der Waals surface area contributed by atoms with Gasteiger partial charge in [-0.1, -0.05) is 12.1 Å². The molecule has 0 aliphatic carbocycles. The summed E-state index contributed by atoms with van der Waals surface area (Å²) < 4.78 is 13.9. The number of halogens is 1. The van der Waals surface area contributed by atoms with Crippen molar-refractivity contribution < 1.29 is 4.39 Å². The van der Waals surface area contributed by atoms with E-state index in [0.29, 0.717) is 11.6 Å². The number of hydrogen-bond acceptors (Lipinski definition) is 5. The molecule has 0 saturated carbocycles. The van der Waals surface area contributed by atoms with Crippen molar-refractivity contribution in [3.63, 3.8) is 0 Å². The minimum Gasteiger partial charge on any atom is -0.366 e. The molecule has 25 heavy (non-hydrogen) atoms. The van der Waals surface area contributed by atoms with E-state index in [9.17, 15) is 4.39 Å². The summed E-state index contributed by atoms with van der Waals surface area (Å²) in [4.78, 5) is 17.3. The SMILES string of the molecule is Fc1ccccc1N1CCN(c2nccc(-c3ccncc3)n2)CC1. The van der Waals surface area contributed by atoms with E-state index in [1.54, 1.807) is 24.7 Å². The number of anilines is 2. The molecule has 1 aromatic carbocycles. The van der Waals surface area contributed by atoms with Crippen molar-refractivity contribution in [3.8, 4) is 11.3 Å². The van der Waals surface area contributed by atoms with Crippen LogP contribution >= 0.6 is 0 Å². The van der Waals surface area contributed by atoms with Gasteiger partial charge in [0.1, 0.15) is 5.82 Å². The number of aromatic nitrogens is 3. The van der Waals surface area contributed by atoms with Gasteiger partial charge in [0.15, 0.2) is 0 Å². The van der Waals surface area contributed by atoms with Gasteiger partial charge in [-0.15, -0.1) is 0 Å². The van der Waals surface area contributed by atoms with Gasteiger partial charge in [-0.05, 0) is 30.3 Å². The van der Waals surface area contributed by atoms with E-state index in [1.807, 2.05) is 30.3 Å². The third-order valence-electron chi connectivity index (χ3n) is 4.37. The fourth-order valence-electron chi connectivity index (χ4n) is 3.04. The Bertz CT molecular complexity index is 847. The molecule has 5 nitrogen and oxygen atoms in total. The molecule has 0 N–H and O–H groups in total. The van der Waals surface area contributed by atoms with Gasteiger partial charge in [0.2, 0.25) is 5.95 Å². The summed E-state index contributed by atoms with van der Waals surface area (Å²) in [5, 5.41) is 0. The molecule has 1 aliphatic rings. The van der Waals surface area contributed by atoms with E-state index in [0.717, 1.165) is 37.4 Å². The Labute approximate surface area is 145 Å². The number of para-hydroxylation sites is 1. The lowest BCUT2D eigenvalue weighted by atomic mass is 10.2. The van der Waals surface area contributed by atoms with E-state index in [1.165, 1.54) is 6.07 Å². The second kappa shape index (κ2) is 6.84. The smallest absolute Gasteiger partial charge is 0.225 e. The molecule has 1 aliphatic heterocycles. The summed E-state index contributed by atoms with van der Waals surface area (Å²) in [6, 6.07) is 12.7. The molecular weight excluding hydrogens is 317 g/mol. The van der Waals surface area contributed by atoms with Crippen LogP contribution in [0.1, 0.15) is 0 Å². The summed E-state index contributed by atoms with van der Waals surface area (Å²) in [5.74, 6) is 0.536. The van der Waals surface area contributed by atoms with Crippen LogP contribution in [0.15, 0.2) is 61.1 Å². The first-order valence-corrected chi connectivity index (χ1v) is 8.29. The lowest BCUT2D eigenvalue weighted by Gasteiger charge is -2.36. The van der Waals surface area contributed by atoms with Crippen molar-refractivity contribution in [3.05, 3.63) is 66.9 Å². The largest absolute Gasteiger partial charge is 0.366 e. The van der Waals surface area contributed by atoms with Gasteiger partial charge in [0, 0.05) is 50.3 Å². The maximum absolute atomic E-state index is 13.9. The number of rotatable bonds is 3. The lowest BCUT2D eigenvalue weighted by molar-refractivity contribution is 0.594. The summed E-state index contributed by atoms with van der Waals surface area (Å²) in [5.41, 5.74) is 2.56. The van der Waals surface area contributed by atoms with Crippen molar-refractivity contribution in [2.75, 3.05) is 36.0 Å². The average Bonchev–Trinajstić information content (AvgIpc) is 2.69. The van der Waals surface area contributed by atoms with Gasteiger partial charge in [-0.3, -0.25) is 4.98 Å². The third-order valence-corrected chi connectivity index (χ3v) is 4.37.